The van der Waals surface area contributed by atoms with Crippen LogP contribution in [-0.2, 0) is 9.59 Å². The van der Waals surface area contributed by atoms with Gasteiger partial charge in [0.2, 0.25) is 0 Å². The monoisotopic (exact) mass is 240 g/mol. The van der Waals surface area contributed by atoms with Gasteiger partial charge in [0.15, 0.2) is 5.78 Å². The third kappa shape index (κ3) is 3.07. The molecule has 16 heavy (non-hydrogen) atoms. The SMILES string of the molecule is CC(C)(C=O)C(=O)COc1ccccc1Cl. The summed E-state index contributed by atoms with van der Waals surface area (Å²) >= 11 is 5.85. The van der Waals surface area contributed by atoms with Gasteiger partial charge in [-0.15, -0.1) is 0 Å². The van der Waals surface area contributed by atoms with Gasteiger partial charge in [-0.1, -0.05) is 23.7 Å². The van der Waals surface area contributed by atoms with Crippen LogP contribution >= 0.6 is 11.6 Å². The number of ketones is 1. The van der Waals surface area contributed by atoms with Gasteiger partial charge in [0.25, 0.3) is 0 Å². The molecule has 0 bridgehead atoms. The smallest absolute Gasteiger partial charge is 0.182 e. The second-order valence-electron chi connectivity index (χ2n) is 3.98. The first-order chi connectivity index (χ1) is 7.47. The highest BCUT2D eigenvalue weighted by Gasteiger charge is 2.27. The van der Waals surface area contributed by atoms with Crippen molar-refractivity contribution >= 4 is 23.7 Å². The summed E-state index contributed by atoms with van der Waals surface area (Å²) in [5, 5.41) is 0.444. The first-order valence-corrected chi connectivity index (χ1v) is 5.22. The number of carbonyl (C=O) groups excluding carboxylic acids is 2. The van der Waals surface area contributed by atoms with E-state index in [4.69, 9.17) is 16.3 Å². The van der Waals surface area contributed by atoms with Crippen molar-refractivity contribution in [2.45, 2.75) is 13.8 Å². The van der Waals surface area contributed by atoms with E-state index < -0.39 is 5.41 Å². The van der Waals surface area contributed by atoms with Gasteiger partial charge in [-0.3, -0.25) is 4.79 Å². The number of benzene rings is 1. The van der Waals surface area contributed by atoms with Crippen LogP contribution in [-0.4, -0.2) is 18.7 Å². The van der Waals surface area contributed by atoms with Crippen LogP contribution in [0.25, 0.3) is 0 Å². The molecule has 86 valence electrons. The minimum Gasteiger partial charge on any atom is -0.484 e. The Kier molecular flexibility index (Phi) is 4.07. The van der Waals surface area contributed by atoms with Crippen LogP contribution in [0.3, 0.4) is 0 Å². The number of para-hydroxylation sites is 1. The maximum absolute atomic E-state index is 11.6. The highest BCUT2D eigenvalue weighted by Crippen LogP contribution is 2.23. The lowest BCUT2D eigenvalue weighted by molar-refractivity contribution is -0.134. The van der Waals surface area contributed by atoms with Crippen LogP contribution in [0.4, 0.5) is 0 Å². The zero-order valence-electron chi connectivity index (χ0n) is 9.20. The Balaban J connectivity index is 2.63. The van der Waals surface area contributed by atoms with Crippen molar-refractivity contribution in [3.05, 3.63) is 29.3 Å². The van der Waals surface area contributed by atoms with E-state index in [0.717, 1.165) is 0 Å². The molecule has 0 heterocycles. The van der Waals surface area contributed by atoms with Gasteiger partial charge in [-0.25, -0.2) is 0 Å². The number of hydrogen-bond donors (Lipinski definition) is 0. The minimum absolute atomic E-state index is 0.157. The summed E-state index contributed by atoms with van der Waals surface area (Å²) < 4.78 is 5.25. The largest absolute Gasteiger partial charge is 0.484 e. The van der Waals surface area contributed by atoms with E-state index >= 15 is 0 Å². The van der Waals surface area contributed by atoms with Gasteiger partial charge in [0.05, 0.1) is 10.4 Å². The summed E-state index contributed by atoms with van der Waals surface area (Å²) in [4.78, 5) is 22.2. The molecular weight excluding hydrogens is 228 g/mol. The van der Waals surface area contributed by atoms with Crippen molar-refractivity contribution in [2.24, 2.45) is 5.41 Å². The summed E-state index contributed by atoms with van der Waals surface area (Å²) in [6, 6.07) is 6.87. The van der Waals surface area contributed by atoms with Crippen molar-refractivity contribution in [2.75, 3.05) is 6.61 Å². The number of Topliss-reactive ketones (excluding diaryl/α,β-unsaturated/α-hetero) is 1. The van der Waals surface area contributed by atoms with Gasteiger partial charge in [0.1, 0.15) is 18.6 Å². The fraction of sp³-hybridized carbons (Fsp3) is 0.333. The number of ether oxygens (including phenoxy) is 1. The van der Waals surface area contributed by atoms with Crippen molar-refractivity contribution in [3.63, 3.8) is 0 Å². The summed E-state index contributed by atoms with van der Waals surface area (Å²) in [6.07, 6.45) is 0.616. The van der Waals surface area contributed by atoms with Crippen molar-refractivity contribution in [1.82, 2.24) is 0 Å². The maximum atomic E-state index is 11.6. The number of hydrogen-bond acceptors (Lipinski definition) is 3. The van der Waals surface area contributed by atoms with Crippen LogP contribution < -0.4 is 4.74 Å². The second kappa shape index (κ2) is 5.12. The van der Waals surface area contributed by atoms with Gasteiger partial charge >= 0.3 is 0 Å². The Morgan fingerprint density at radius 1 is 1.44 bits per heavy atom. The number of aldehydes is 1. The third-order valence-corrected chi connectivity index (χ3v) is 2.52. The molecule has 0 radical (unpaired) electrons. The Morgan fingerprint density at radius 3 is 2.62 bits per heavy atom. The summed E-state index contributed by atoms with van der Waals surface area (Å²) in [6.45, 7) is 2.95. The van der Waals surface area contributed by atoms with Crippen LogP contribution in [0.2, 0.25) is 5.02 Å². The molecule has 0 spiro atoms. The predicted molar refractivity (Wildman–Crippen MR) is 61.8 cm³/mol. The normalized spacial score (nSPS) is 10.9. The van der Waals surface area contributed by atoms with Gasteiger partial charge < -0.3 is 9.53 Å². The molecule has 0 saturated heterocycles. The molecule has 0 aliphatic heterocycles. The van der Waals surface area contributed by atoms with Crippen LogP contribution in [0, 0.1) is 5.41 Å². The molecule has 0 amide bonds. The second-order valence-corrected chi connectivity index (χ2v) is 4.39. The molecule has 0 fully saturated rings. The molecule has 3 nitrogen and oxygen atoms in total. The zero-order chi connectivity index (χ0) is 12.2. The van der Waals surface area contributed by atoms with Crippen LogP contribution in [0.1, 0.15) is 13.8 Å². The van der Waals surface area contributed by atoms with E-state index in [9.17, 15) is 9.59 Å². The lowest BCUT2D eigenvalue weighted by Crippen LogP contribution is -2.30. The average molecular weight is 241 g/mol. The molecule has 4 heteroatoms. The fourth-order valence-corrected chi connectivity index (χ4v) is 1.15. The van der Waals surface area contributed by atoms with E-state index in [0.29, 0.717) is 17.1 Å². The highest BCUT2D eigenvalue weighted by molar-refractivity contribution is 6.32. The van der Waals surface area contributed by atoms with Crippen molar-refractivity contribution in [1.29, 1.82) is 0 Å². The molecule has 0 unspecified atom stereocenters. The highest BCUT2D eigenvalue weighted by atomic mass is 35.5. The van der Waals surface area contributed by atoms with Gasteiger partial charge in [0, 0.05) is 0 Å². The Labute approximate surface area is 99.4 Å². The zero-order valence-corrected chi connectivity index (χ0v) is 9.95. The van der Waals surface area contributed by atoms with E-state index in [-0.39, 0.29) is 12.4 Å². The molecule has 0 N–H and O–H groups in total. The molecule has 0 aromatic heterocycles. The summed E-state index contributed by atoms with van der Waals surface area (Å²) in [5.74, 6) is 0.168. The fourth-order valence-electron chi connectivity index (χ4n) is 0.957. The molecule has 0 saturated carbocycles. The molecular formula is C12H13ClO3. The quantitative estimate of drug-likeness (QED) is 0.587. The topological polar surface area (TPSA) is 43.4 Å². The standard InChI is InChI=1S/C12H13ClO3/c1-12(2,8-14)11(15)7-16-10-6-4-3-5-9(10)13/h3-6,8H,7H2,1-2H3. The first kappa shape index (κ1) is 12.7. The summed E-state index contributed by atoms with van der Waals surface area (Å²) in [5.41, 5.74) is -1.01. The Morgan fingerprint density at radius 2 is 2.06 bits per heavy atom. The molecule has 0 aliphatic carbocycles. The van der Waals surface area contributed by atoms with Gasteiger partial charge in [-0.2, -0.15) is 0 Å². The predicted octanol–water partition coefficient (Wildman–Crippen LogP) is 2.51. The van der Waals surface area contributed by atoms with E-state index in [1.165, 1.54) is 0 Å². The maximum Gasteiger partial charge on any atom is 0.182 e. The number of rotatable bonds is 5. The van der Waals surface area contributed by atoms with Crippen LogP contribution in [0.15, 0.2) is 24.3 Å². The molecule has 0 aliphatic rings. The van der Waals surface area contributed by atoms with E-state index in [1.54, 1.807) is 38.1 Å². The van der Waals surface area contributed by atoms with E-state index in [2.05, 4.69) is 0 Å². The summed E-state index contributed by atoms with van der Waals surface area (Å²) in [7, 11) is 0. The van der Waals surface area contributed by atoms with Crippen molar-refractivity contribution in [3.8, 4) is 5.75 Å². The van der Waals surface area contributed by atoms with Crippen LogP contribution in [0.5, 0.6) is 5.75 Å². The molecule has 1 aromatic rings. The average Bonchev–Trinajstić information content (AvgIpc) is 2.27. The lowest BCUT2D eigenvalue weighted by Gasteiger charge is -2.15. The lowest BCUT2D eigenvalue weighted by atomic mass is 9.90. The Hall–Kier alpha value is -1.35. The van der Waals surface area contributed by atoms with E-state index in [1.807, 2.05) is 0 Å². The van der Waals surface area contributed by atoms with Gasteiger partial charge in [-0.05, 0) is 26.0 Å². The van der Waals surface area contributed by atoms with Crippen molar-refractivity contribution < 1.29 is 14.3 Å². The third-order valence-electron chi connectivity index (χ3n) is 2.21. The molecule has 1 aromatic carbocycles. The minimum atomic E-state index is -1.01. The Bertz CT molecular complexity index is 399. The molecule has 0 atom stereocenters. The first-order valence-electron chi connectivity index (χ1n) is 4.84. The number of halogens is 1. The molecule has 1 rings (SSSR count). The number of carbonyl (C=O) groups is 2.